The summed E-state index contributed by atoms with van der Waals surface area (Å²) in [4.78, 5) is 11.6. The highest BCUT2D eigenvalue weighted by Crippen LogP contribution is 1.96. The maximum absolute atomic E-state index is 11.6. The minimum absolute atomic E-state index is 0.0622. The molecule has 0 heterocycles. The van der Waals surface area contributed by atoms with Crippen LogP contribution in [-0.2, 0) is 4.79 Å². The lowest BCUT2D eigenvalue weighted by atomic mass is 10.1. The molecule has 0 spiro atoms. The molecule has 4 N–H and O–H groups in total. The molecule has 0 rings (SSSR count). The van der Waals surface area contributed by atoms with E-state index in [9.17, 15) is 4.79 Å². The predicted molar refractivity (Wildman–Crippen MR) is 59.0 cm³/mol. The Kier molecular flexibility index (Phi) is 7.42. The summed E-state index contributed by atoms with van der Waals surface area (Å²) in [5.74, 6) is 0.0622. The highest BCUT2D eigenvalue weighted by molar-refractivity contribution is 5.81. The molecule has 0 bridgehead atoms. The Hall–Kier alpha value is -0.610. The number of rotatable bonds is 7. The molecule has 1 atom stereocenters. The van der Waals surface area contributed by atoms with E-state index < -0.39 is 0 Å². The van der Waals surface area contributed by atoms with Gasteiger partial charge in [-0.05, 0) is 19.8 Å². The minimum Gasteiger partial charge on any atom is -0.352 e. The van der Waals surface area contributed by atoms with Gasteiger partial charge in [0.05, 0.1) is 6.04 Å². The van der Waals surface area contributed by atoms with Gasteiger partial charge in [-0.2, -0.15) is 0 Å². The Morgan fingerprint density at radius 2 is 1.93 bits per heavy atom. The second-order valence-corrected chi connectivity index (χ2v) is 3.49. The van der Waals surface area contributed by atoms with Gasteiger partial charge < -0.3 is 16.4 Å². The molecule has 0 aliphatic rings. The highest BCUT2D eigenvalue weighted by atomic mass is 16.2. The van der Waals surface area contributed by atoms with Crippen LogP contribution in [0.1, 0.15) is 33.6 Å². The first-order valence-corrected chi connectivity index (χ1v) is 5.39. The predicted octanol–water partition coefficient (Wildman–Crippen LogP) is 0.228. The summed E-state index contributed by atoms with van der Waals surface area (Å²) in [6.45, 7) is 7.24. The van der Waals surface area contributed by atoms with Crippen molar-refractivity contribution in [3.8, 4) is 0 Å². The number of nitrogens with one attached hydrogen (secondary N) is 2. The number of amides is 1. The van der Waals surface area contributed by atoms with Gasteiger partial charge >= 0.3 is 0 Å². The van der Waals surface area contributed by atoms with Crippen LogP contribution in [-0.4, -0.2) is 31.1 Å². The largest absolute Gasteiger partial charge is 0.352 e. The molecule has 1 unspecified atom stereocenters. The lowest BCUT2D eigenvalue weighted by Crippen LogP contribution is -2.47. The van der Waals surface area contributed by atoms with Gasteiger partial charge in [0.1, 0.15) is 0 Å². The van der Waals surface area contributed by atoms with Crippen LogP contribution in [0.5, 0.6) is 0 Å². The summed E-state index contributed by atoms with van der Waals surface area (Å²) in [5.41, 5.74) is 5.34. The maximum Gasteiger partial charge on any atom is 0.237 e. The normalized spacial score (nSPS) is 12.9. The van der Waals surface area contributed by atoms with Gasteiger partial charge in [0.2, 0.25) is 5.91 Å². The van der Waals surface area contributed by atoms with Gasteiger partial charge in [-0.3, -0.25) is 4.79 Å². The summed E-state index contributed by atoms with van der Waals surface area (Å²) >= 11 is 0. The minimum atomic E-state index is -0.154. The van der Waals surface area contributed by atoms with Gasteiger partial charge in [-0.25, -0.2) is 0 Å². The Bertz CT molecular complexity index is 157. The van der Waals surface area contributed by atoms with E-state index in [1.807, 2.05) is 6.92 Å². The quantitative estimate of drug-likeness (QED) is 0.552. The molecule has 0 radical (unpaired) electrons. The van der Waals surface area contributed by atoms with E-state index in [1.54, 1.807) is 0 Å². The van der Waals surface area contributed by atoms with Crippen molar-refractivity contribution in [3.05, 3.63) is 0 Å². The van der Waals surface area contributed by atoms with Crippen molar-refractivity contribution in [2.24, 2.45) is 5.73 Å². The first-order chi connectivity index (χ1) is 6.65. The van der Waals surface area contributed by atoms with Crippen LogP contribution in [0.25, 0.3) is 0 Å². The second-order valence-electron chi connectivity index (χ2n) is 3.49. The summed E-state index contributed by atoms with van der Waals surface area (Å²) < 4.78 is 0. The molecular weight excluding hydrogens is 178 g/mol. The molecule has 4 nitrogen and oxygen atoms in total. The Balaban J connectivity index is 3.81. The summed E-state index contributed by atoms with van der Waals surface area (Å²) in [5, 5.41) is 6.03. The lowest BCUT2D eigenvalue weighted by Gasteiger charge is -2.19. The van der Waals surface area contributed by atoms with Crippen LogP contribution in [0.3, 0.4) is 0 Å². The van der Waals surface area contributed by atoms with E-state index in [1.165, 1.54) is 0 Å². The fraction of sp³-hybridized carbons (Fsp3) is 0.900. The van der Waals surface area contributed by atoms with Gasteiger partial charge in [-0.1, -0.05) is 13.8 Å². The van der Waals surface area contributed by atoms with Gasteiger partial charge in [0.15, 0.2) is 0 Å². The lowest BCUT2D eigenvalue weighted by molar-refractivity contribution is -0.123. The molecule has 0 aromatic carbocycles. The third kappa shape index (κ3) is 5.19. The molecule has 0 aliphatic heterocycles. The average Bonchev–Trinajstić information content (AvgIpc) is 2.21. The highest BCUT2D eigenvalue weighted by Gasteiger charge is 2.14. The van der Waals surface area contributed by atoms with E-state index in [-0.39, 0.29) is 11.9 Å². The Labute approximate surface area is 86.6 Å². The first kappa shape index (κ1) is 13.4. The van der Waals surface area contributed by atoms with Gasteiger partial charge in [0, 0.05) is 19.1 Å². The fourth-order valence-corrected chi connectivity index (χ4v) is 1.21. The van der Waals surface area contributed by atoms with Crippen LogP contribution in [0.15, 0.2) is 0 Å². The number of nitrogens with two attached hydrogens (primary N) is 1. The molecular formula is C10H23N3O. The standard InChI is InChI=1S/C10H23N3O/c1-4-9(5-2)13-10(14)8(3)12-7-6-11/h8-9,12H,4-7,11H2,1-3H3,(H,13,14). The zero-order chi connectivity index (χ0) is 11.0. The van der Waals surface area contributed by atoms with Crippen LogP contribution >= 0.6 is 0 Å². The zero-order valence-corrected chi connectivity index (χ0v) is 9.47. The van der Waals surface area contributed by atoms with E-state index in [4.69, 9.17) is 5.73 Å². The fourth-order valence-electron chi connectivity index (χ4n) is 1.21. The number of carbonyl (C=O) groups is 1. The molecule has 0 aromatic heterocycles. The van der Waals surface area contributed by atoms with Crippen molar-refractivity contribution >= 4 is 5.91 Å². The summed E-state index contributed by atoms with van der Waals surface area (Å²) in [7, 11) is 0. The molecule has 14 heavy (non-hydrogen) atoms. The van der Waals surface area contributed by atoms with Gasteiger partial charge in [0.25, 0.3) is 0 Å². The van der Waals surface area contributed by atoms with Crippen molar-refractivity contribution in [3.63, 3.8) is 0 Å². The van der Waals surface area contributed by atoms with Gasteiger partial charge in [-0.15, -0.1) is 0 Å². The van der Waals surface area contributed by atoms with E-state index >= 15 is 0 Å². The maximum atomic E-state index is 11.6. The number of hydrogen-bond acceptors (Lipinski definition) is 3. The third-order valence-corrected chi connectivity index (χ3v) is 2.32. The van der Waals surface area contributed by atoms with Crippen LogP contribution < -0.4 is 16.4 Å². The van der Waals surface area contributed by atoms with E-state index in [0.29, 0.717) is 19.1 Å². The van der Waals surface area contributed by atoms with E-state index in [0.717, 1.165) is 12.8 Å². The van der Waals surface area contributed by atoms with Crippen LogP contribution in [0, 0.1) is 0 Å². The van der Waals surface area contributed by atoms with Crippen LogP contribution in [0.2, 0.25) is 0 Å². The van der Waals surface area contributed by atoms with Crippen LogP contribution in [0.4, 0.5) is 0 Å². The Morgan fingerprint density at radius 3 is 2.36 bits per heavy atom. The first-order valence-electron chi connectivity index (χ1n) is 5.39. The molecule has 4 heteroatoms. The number of carbonyl (C=O) groups excluding carboxylic acids is 1. The average molecular weight is 201 g/mol. The van der Waals surface area contributed by atoms with Crippen molar-refractivity contribution in [2.75, 3.05) is 13.1 Å². The Morgan fingerprint density at radius 1 is 1.36 bits per heavy atom. The van der Waals surface area contributed by atoms with Crippen molar-refractivity contribution in [1.29, 1.82) is 0 Å². The summed E-state index contributed by atoms with van der Waals surface area (Å²) in [6, 6.07) is 0.142. The SMILES string of the molecule is CCC(CC)NC(=O)C(C)NCCN. The van der Waals surface area contributed by atoms with Crippen molar-refractivity contribution in [1.82, 2.24) is 10.6 Å². The van der Waals surface area contributed by atoms with Crippen molar-refractivity contribution in [2.45, 2.75) is 45.7 Å². The molecule has 0 saturated carbocycles. The molecule has 84 valence electrons. The second kappa shape index (κ2) is 7.76. The molecule has 0 fully saturated rings. The third-order valence-electron chi connectivity index (χ3n) is 2.32. The summed E-state index contributed by atoms with van der Waals surface area (Å²) in [6.07, 6.45) is 1.96. The molecule has 0 aliphatic carbocycles. The number of hydrogen-bond donors (Lipinski definition) is 3. The smallest absolute Gasteiger partial charge is 0.237 e. The molecule has 1 amide bonds. The molecule has 0 aromatic rings. The molecule has 0 saturated heterocycles. The van der Waals surface area contributed by atoms with E-state index in [2.05, 4.69) is 24.5 Å². The topological polar surface area (TPSA) is 67.2 Å². The zero-order valence-electron chi connectivity index (χ0n) is 9.47. The monoisotopic (exact) mass is 201 g/mol. The van der Waals surface area contributed by atoms with Crippen molar-refractivity contribution < 1.29 is 4.79 Å².